The summed E-state index contributed by atoms with van der Waals surface area (Å²) in [5.74, 6) is 3.57. The summed E-state index contributed by atoms with van der Waals surface area (Å²) in [7, 11) is 1.63. The van der Waals surface area contributed by atoms with Gasteiger partial charge in [0.15, 0.2) is 0 Å². The number of ether oxygens (including phenoxy) is 1. The smallest absolute Gasteiger partial charge is 0.251 e. The number of hydrogen-bond donors (Lipinski definition) is 1. The summed E-state index contributed by atoms with van der Waals surface area (Å²) >= 11 is 0. The summed E-state index contributed by atoms with van der Waals surface area (Å²) in [5.41, 5.74) is 1.09. The summed E-state index contributed by atoms with van der Waals surface area (Å²) < 4.78 is 5.20. The van der Waals surface area contributed by atoms with Crippen molar-refractivity contribution in [2.24, 2.45) is 23.2 Å². The van der Waals surface area contributed by atoms with Crippen molar-refractivity contribution in [2.45, 2.75) is 38.5 Å². The van der Waals surface area contributed by atoms with Crippen LogP contribution in [-0.4, -0.2) is 19.6 Å². The zero-order valence-corrected chi connectivity index (χ0v) is 13.3. The lowest BCUT2D eigenvalue weighted by molar-refractivity contribution is -0.0503. The quantitative estimate of drug-likeness (QED) is 0.921. The Morgan fingerprint density at radius 2 is 1.82 bits per heavy atom. The second-order valence-corrected chi connectivity index (χ2v) is 7.83. The van der Waals surface area contributed by atoms with Gasteiger partial charge in [0.1, 0.15) is 5.75 Å². The molecule has 0 saturated heterocycles. The third-order valence-electron chi connectivity index (χ3n) is 6.12. The largest absolute Gasteiger partial charge is 0.497 e. The number of carbonyl (C=O) groups is 1. The normalized spacial score (nSPS) is 35.4. The van der Waals surface area contributed by atoms with E-state index < -0.39 is 0 Å². The molecule has 0 unspecified atom stereocenters. The molecule has 0 aliphatic heterocycles. The average Bonchev–Trinajstić information content (AvgIpc) is 2.51. The molecule has 5 rings (SSSR count). The molecule has 3 nitrogen and oxygen atoms in total. The molecule has 0 radical (unpaired) electrons. The molecule has 4 aliphatic carbocycles. The van der Waals surface area contributed by atoms with E-state index >= 15 is 0 Å². The van der Waals surface area contributed by atoms with E-state index in [1.165, 1.54) is 38.5 Å². The first-order chi connectivity index (χ1) is 10.7. The second-order valence-electron chi connectivity index (χ2n) is 7.83. The highest BCUT2D eigenvalue weighted by Gasteiger charge is 2.50. The van der Waals surface area contributed by atoms with Gasteiger partial charge in [0.25, 0.3) is 5.91 Å². The molecule has 1 aromatic rings. The van der Waals surface area contributed by atoms with Gasteiger partial charge in [0.2, 0.25) is 0 Å². The van der Waals surface area contributed by atoms with Crippen molar-refractivity contribution in [3.05, 3.63) is 29.8 Å². The third kappa shape index (κ3) is 2.51. The monoisotopic (exact) mass is 299 g/mol. The van der Waals surface area contributed by atoms with E-state index in [2.05, 4.69) is 5.32 Å². The maximum absolute atomic E-state index is 12.4. The van der Waals surface area contributed by atoms with Crippen LogP contribution in [0.3, 0.4) is 0 Å². The van der Waals surface area contributed by atoms with Gasteiger partial charge < -0.3 is 10.1 Å². The van der Waals surface area contributed by atoms with Crippen molar-refractivity contribution in [1.82, 2.24) is 5.32 Å². The maximum Gasteiger partial charge on any atom is 0.251 e. The summed E-state index contributed by atoms with van der Waals surface area (Å²) in [6, 6.07) is 7.42. The molecule has 0 aromatic heterocycles. The van der Waals surface area contributed by atoms with Gasteiger partial charge >= 0.3 is 0 Å². The predicted octanol–water partition coefficient (Wildman–Crippen LogP) is 3.64. The number of benzene rings is 1. The van der Waals surface area contributed by atoms with E-state index in [9.17, 15) is 4.79 Å². The van der Waals surface area contributed by atoms with E-state index in [-0.39, 0.29) is 5.91 Å². The third-order valence-corrected chi connectivity index (χ3v) is 6.12. The number of nitrogens with one attached hydrogen (secondary N) is 1. The lowest BCUT2D eigenvalue weighted by atomic mass is 9.49. The van der Waals surface area contributed by atoms with Gasteiger partial charge in [-0.15, -0.1) is 0 Å². The molecule has 0 heterocycles. The lowest BCUT2D eigenvalue weighted by Gasteiger charge is -2.56. The van der Waals surface area contributed by atoms with Gasteiger partial charge in [-0.2, -0.15) is 0 Å². The fourth-order valence-corrected chi connectivity index (χ4v) is 5.64. The lowest BCUT2D eigenvalue weighted by Crippen LogP contribution is -2.51. The first-order valence-corrected chi connectivity index (χ1v) is 8.58. The minimum absolute atomic E-state index is 0.0367. The molecule has 1 N–H and O–H groups in total. The zero-order chi connectivity index (χ0) is 15.2. The SMILES string of the molecule is COc1cccc(C(=O)NCC23CC4CC(CC(C4)C2)C3)c1. The van der Waals surface area contributed by atoms with E-state index in [1.807, 2.05) is 24.3 Å². The summed E-state index contributed by atoms with van der Waals surface area (Å²) in [5, 5.41) is 3.21. The van der Waals surface area contributed by atoms with E-state index in [0.29, 0.717) is 11.0 Å². The summed E-state index contributed by atoms with van der Waals surface area (Å²) in [4.78, 5) is 12.4. The van der Waals surface area contributed by atoms with Crippen LogP contribution in [0.2, 0.25) is 0 Å². The number of hydrogen-bond acceptors (Lipinski definition) is 2. The van der Waals surface area contributed by atoms with Gasteiger partial charge in [0, 0.05) is 12.1 Å². The van der Waals surface area contributed by atoms with E-state index in [1.54, 1.807) is 7.11 Å². The Balaban J connectivity index is 1.43. The minimum Gasteiger partial charge on any atom is -0.497 e. The molecule has 4 bridgehead atoms. The summed E-state index contributed by atoms with van der Waals surface area (Å²) in [6.45, 7) is 0.854. The van der Waals surface area contributed by atoms with Gasteiger partial charge in [-0.25, -0.2) is 0 Å². The van der Waals surface area contributed by atoms with Crippen molar-refractivity contribution >= 4 is 5.91 Å². The Hall–Kier alpha value is -1.51. The number of methoxy groups -OCH3 is 1. The molecule has 22 heavy (non-hydrogen) atoms. The fraction of sp³-hybridized carbons (Fsp3) is 0.632. The Bertz CT molecular complexity index is 545. The van der Waals surface area contributed by atoms with Gasteiger partial charge in [-0.3, -0.25) is 4.79 Å². The van der Waals surface area contributed by atoms with Crippen LogP contribution in [0, 0.1) is 23.2 Å². The molecule has 1 amide bonds. The van der Waals surface area contributed by atoms with Crippen LogP contribution >= 0.6 is 0 Å². The highest BCUT2D eigenvalue weighted by atomic mass is 16.5. The zero-order valence-electron chi connectivity index (χ0n) is 13.3. The summed E-state index contributed by atoms with van der Waals surface area (Å²) in [6.07, 6.45) is 8.33. The Morgan fingerprint density at radius 1 is 1.18 bits per heavy atom. The average molecular weight is 299 g/mol. The first-order valence-electron chi connectivity index (χ1n) is 8.58. The molecule has 1 aromatic carbocycles. The van der Waals surface area contributed by atoms with Crippen LogP contribution in [0.5, 0.6) is 5.75 Å². The van der Waals surface area contributed by atoms with Crippen LogP contribution in [0.25, 0.3) is 0 Å². The topological polar surface area (TPSA) is 38.3 Å². The van der Waals surface area contributed by atoms with E-state index in [0.717, 1.165) is 30.0 Å². The van der Waals surface area contributed by atoms with Crippen molar-refractivity contribution < 1.29 is 9.53 Å². The number of carbonyl (C=O) groups excluding carboxylic acids is 1. The van der Waals surface area contributed by atoms with Crippen LogP contribution in [-0.2, 0) is 0 Å². The predicted molar refractivity (Wildman–Crippen MR) is 85.9 cm³/mol. The molecule has 4 fully saturated rings. The van der Waals surface area contributed by atoms with Crippen LogP contribution in [0.4, 0.5) is 0 Å². The van der Waals surface area contributed by atoms with E-state index in [4.69, 9.17) is 4.74 Å². The maximum atomic E-state index is 12.4. The van der Waals surface area contributed by atoms with Crippen molar-refractivity contribution in [3.8, 4) is 5.75 Å². The molecular weight excluding hydrogens is 274 g/mol. The number of amides is 1. The minimum atomic E-state index is 0.0367. The molecule has 118 valence electrons. The highest BCUT2D eigenvalue weighted by Crippen LogP contribution is 2.59. The Labute approximate surface area is 132 Å². The van der Waals surface area contributed by atoms with Crippen molar-refractivity contribution in [3.63, 3.8) is 0 Å². The van der Waals surface area contributed by atoms with Crippen LogP contribution in [0.1, 0.15) is 48.9 Å². The second kappa shape index (κ2) is 5.29. The molecule has 3 heteroatoms. The standard InChI is InChI=1S/C19H25NO2/c1-22-17-4-2-3-16(8-17)18(21)20-12-19-9-13-5-14(10-19)7-15(6-13)11-19/h2-4,8,13-15H,5-7,9-12H2,1H3,(H,20,21). The van der Waals surface area contributed by atoms with Crippen LogP contribution < -0.4 is 10.1 Å². The Morgan fingerprint density at radius 3 is 2.41 bits per heavy atom. The van der Waals surface area contributed by atoms with Gasteiger partial charge in [0.05, 0.1) is 7.11 Å². The Kier molecular flexibility index (Phi) is 3.39. The first kappa shape index (κ1) is 14.1. The fourth-order valence-electron chi connectivity index (χ4n) is 5.64. The molecule has 4 aliphatic rings. The van der Waals surface area contributed by atoms with Gasteiger partial charge in [-0.1, -0.05) is 6.07 Å². The molecule has 0 spiro atoms. The van der Waals surface area contributed by atoms with Crippen molar-refractivity contribution in [2.75, 3.05) is 13.7 Å². The molecular formula is C19H25NO2. The van der Waals surface area contributed by atoms with Crippen molar-refractivity contribution in [1.29, 1.82) is 0 Å². The molecule has 0 atom stereocenters. The number of rotatable bonds is 4. The van der Waals surface area contributed by atoms with Crippen LogP contribution in [0.15, 0.2) is 24.3 Å². The van der Waals surface area contributed by atoms with Gasteiger partial charge in [-0.05, 0) is 79.9 Å². The highest BCUT2D eigenvalue weighted by molar-refractivity contribution is 5.94. The molecule has 4 saturated carbocycles.